The van der Waals surface area contributed by atoms with Crippen LogP contribution in [0.1, 0.15) is 21.9 Å². The maximum absolute atomic E-state index is 11.4. The number of hydrazine groups is 1. The van der Waals surface area contributed by atoms with Crippen molar-refractivity contribution in [1.82, 2.24) is 10.3 Å². The molecular weight excluding hydrogens is 238 g/mol. The molecule has 0 bridgehead atoms. The molecule has 0 spiro atoms. The van der Waals surface area contributed by atoms with Gasteiger partial charge in [-0.15, -0.1) is 0 Å². The van der Waals surface area contributed by atoms with Crippen molar-refractivity contribution in [3.63, 3.8) is 0 Å². The van der Waals surface area contributed by atoms with E-state index >= 15 is 0 Å². The van der Waals surface area contributed by atoms with E-state index in [-0.39, 0.29) is 5.91 Å². The number of nitrogen functional groups attached to an aromatic ring is 1. The van der Waals surface area contributed by atoms with E-state index in [9.17, 15) is 4.79 Å². The smallest absolute Gasteiger partial charge is 0.301 e. The lowest BCUT2D eigenvalue weighted by Crippen LogP contribution is -2.32. The van der Waals surface area contributed by atoms with E-state index in [1.54, 1.807) is 0 Å². The molecule has 1 aromatic rings. The lowest BCUT2D eigenvalue weighted by atomic mass is 10.2. The number of carbonyl (C=O) groups is 1. The summed E-state index contributed by atoms with van der Waals surface area (Å²) >= 11 is 1.97. The monoisotopic (exact) mass is 255 g/mol. The number of nitrogens with one attached hydrogen (secondary N) is 1. The quantitative estimate of drug-likeness (QED) is 0.473. The molecule has 1 aliphatic heterocycles. The Kier molecular flexibility index (Phi) is 4.09. The zero-order chi connectivity index (χ0) is 12.3. The maximum atomic E-state index is 11.4. The molecule has 6 heteroatoms. The number of furan rings is 1. The molecule has 3 N–H and O–H groups in total. The lowest BCUT2D eigenvalue weighted by molar-refractivity contribution is 0.0921. The van der Waals surface area contributed by atoms with Gasteiger partial charge in [-0.25, -0.2) is 5.84 Å². The Morgan fingerprint density at radius 1 is 1.59 bits per heavy atom. The molecule has 2 rings (SSSR count). The fraction of sp³-hybridized carbons (Fsp3) is 0.545. The third-order valence-corrected chi connectivity index (χ3v) is 3.73. The van der Waals surface area contributed by atoms with Crippen molar-refractivity contribution in [3.8, 4) is 0 Å². The van der Waals surface area contributed by atoms with Crippen LogP contribution in [0.15, 0.2) is 10.5 Å². The lowest BCUT2D eigenvalue weighted by Gasteiger charge is -2.24. The summed E-state index contributed by atoms with van der Waals surface area (Å²) in [6.07, 6.45) is 0. The van der Waals surface area contributed by atoms with Crippen LogP contribution in [0.3, 0.4) is 0 Å². The Morgan fingerprint density at radius 2 is 2.29 bits per heavy atom. The predicted molar refractivity (Wildman–Crippen MR) is 67.7 cm³/mol. The molecule has 0 atom stereocenters. The topological polar surface area (TPSA) is 71.5 Å². The highest BCUT2D eigenvalue weighted by Gasteiger charge is 2.17. The van der Waals surface area contributed by atoms with Crippen LogP contribution < -0.4 is 11.3 Å². The van der Waals surface area contributed by atoms with Gasteiger partial charge in [0.2, 0.25) is 0 Å². The summed E-state index contributed by atoms with van der Waals surface area (Å²) in [5.41, 5.74) is 2.92. The molecule has 1 saturated heterocycles. The van der Waals surface area contributed by atoms with Gasteiger partial charge < -0.3 is 4.42 Å². The minimum Gasteiger partial charge on any atom is -0.454 e. The van der Waals surface area contributed by atoms with Crippen LogP contribution in [-0.2, 0) is 6.54 Å². The molecule has 94 valence electrons. The first-order chi connectivity index (χ1) is 8.20. The van der Waals surface area contributed by atoms with Gasteiger partial charge in [-0.05, 0) is 13.0 Å². The predicted octanol–water partition coefficient (Wildman–Crippen LogP) is 0.740. The second kappa shape index (κ2) is 5.57. The third kappa shape index (κ3) is 3.02. The van der Waals surface area contributed by atoms with E-state index < -0.39 is 0 Å². The molecule has 1 aromatic heterocycles. The minimum absolute atomic E-state index is 0.314. The van der Waals surface area contributed by atoms with Crippen LogP contribution in [0.5, 0.6) is 0 Å². The number of rotatable bonds is 3. The van der Waals surface area contributed by atoms with Crippen LogP contribution in [-0.4, -0.2) is 35.4 Å². The normalized spacial score (nSPS) is 17.1. The number of nitrogens with two attached hydrogens (primary N) is 1. The Labute approximate surface area is 105 Å². The second-order valence-electron chi connectivity index (χ2n) is 4.09. The van der Waals surface area contributed by atoms with E-state index in [1.807, 2.05) is 24.8 Å². The second-order valence-corrected chi connectivity index (χ2v) is 5.31. The average molecular weight is 255 g/mol. The molecule has 1 fully saturated rings. The van der Waals surface area contributed by atoms with Crippen LogP contribution >= 0.6 is 11.8 Å². The van der Waals surface area contributed by atoms with Gasteiger partial charge in [-0.1, -0.05) is 0 Å². The van der Waals surface area contributed by atoms with E-state index in [4.69, 9.17) is 10.3 Å². The molecule has 2 heterocycles. The first kappa shape index (κ1) is 12.5. The summed E-state index contributed by atoms with van der Waals surface area (Å²) in [7, 11) is 0. The number of hydrogen-bond acceptors (Lipinski definition) is 5. The van der Waals surface area contributed by atoms with Crippen LogP contribution in [0.25, 0.3) is 0 Å². The van der Waals surface area contributed by atoms with Gasteiger partial charge in [-0.2, -0.15) is 11.8 Å². The minimum atomic E-state index is -0.372. The Hall–Kier alpha value is -0.980. The third-order valence-electron chi connectivity index (χ3n) is 2.79. The van der Waals surface area contributed by atoms with E-state index in [2.05, 4.69) is 10.3 Å². The molecule has 0 radical (unpaired) electrons. The van der Waals surface area contributed by atoms with Gasteiger partial charge in [-0.3, -0.25) is 15.1 Å². The highest BCUT2D eigenvalue weighted by molar-refractivity contribution is 7.99. The van der Waals surface area contributed by atoms with E-state index in [1.165, 1.54) is 0 Å². The average Bonchev–Trinajstić information content (AvgIpc) is 2.70. The highest BCUT2D eigenvalue weighted by Crippen LogP contribution is 2.18. The van der Waals surface area contributed by atoms with E-state index in [0.29, 0.717) is 5.76 Å². The summed E-state index contributed by atoms with van der Waals surface area (Å²) in [5.74, 6) is 8.19. The summed E-state index contributed by atoms with van der Waals surface area (Å²) in [5, 5.41) is 0. The summed E-state index contributed by atoms with van der Waals surface area (Å²) in [6, 6.07) is 1.91. The molecule has 0 aliphatic carbocycles. The van der Waals surface area contributed by atoms with Crippen molar-refractivity contribution in [1.29, 1.82) is 0 Å². The Bertz CT molecular complexity index is 399. The fourth-order valence-corrected chi connectivity index (χ4v) is 2.88. The summed E-state index contributed by atoms with van der Waals surface area (Å²) in [6.45, 7) is 4.76. The number of hydrogen-bond donors (Lipinski definition) is 2. The number of aryl methyl sites for hydroxylation is 1. The van der Waals surface area contributed by atoms with Gasteiger partial charge in [0.05, 0.1) is 6.54 Å². The molecule has 1 aliphatic rings. The Balaban J connectivity index is 2.03. The van der Waals surface area contributed by atoms with Gasteiger partial charge in [0.15, 0.2) is 5.76 Å². The van der Waals surface area contributed by atoms with Crippen molar-refractivity contribution in [2.75, 3.05) is 24.6 Å². The fourth-order valence-electron chi connectivity index (χ4n) is 1.90. The maximum Gasteiger partial charge on any atom is 0.301 e. The van der Waals surface area contributed by atoms with Gasteiger partial charge in [0.25, 0.3) is 0 Å². The van der Waals surface area contributed by atoms with Gasteiger partial charge in [0, 0.05) is 30.2 Å². The largest absolute Gasteiger partial charge is 0.454 e. The molecule has 17 heavy (non-hydrogen) atoms. The van der Waals surface area contributed by atoms with Crippen LogP contribution in [0.2, 0.25) is 0 Å². The van der Waals surface area contributed by atoms with Crippen molar-refractivity contribution in [2.45, 2.75) is 13.5 Å². The first-order valence-electron chi connectivity index (χ1n) is 5.61. The summed E-state index contributed by atoms with van der Waals surface area (Å²) in [4.78, 5) is 13.7. The zero-order valence-electron chi connectivity index (χ0n) is 9.86. The number of amides is 1. The van der Waals surface area contributed by atoms with E-state index in [0.717, 1.165) is 42.5 Å². The summed E-state index contributed by atoms with van der Waals surface area (Å²) < 4.78 is 5.53. The van der Waals surface area contributed by atoms with Crippen molar-refractivity contribution in [2.24, 2.45) is 5.84 Å². The molecule has 0 aromatic carbocycles. The Morgan fingerprint density at radius 3 is 2.94 bits per heavy atom. The molecular formula is C11H17N3O2S. The van der Waals surface area contributed by atoms with Crippen molar-refractivity contribution >= 4 is 17.7 Å². The van der Waals surface area contributed by atoms with Gasteiger partial charge in [0.1, 0.15) is 5.76 Å². The van der Waals surface area contributed by atoms with Crippen LogP contribution in [0, 0.1) is 6.92 Å². The molecule has 1 amide bonds. The zero-order valence-corrected chi connectivity index (χ0v) is 10.7. The van der Waals surface area contributed by atoms with Crippen molar-refractivity contribution < 1.29 is 9.21 Å². The van der Waals surface area contributed by atoms with Crippen molar-refractivity contribution in [3.05, 3.63) is 23.2 Å². The number of thioether (sulfide) groups is 1. The molecule has 5 nitrogen and oxygen atoms in total. The first-order valence-corrected chi connectivity index (χ1v) is 6.76. The molecule has 0 saturated carbocycles. The number of nitrogens with zero attached hydrogens (tertiary/aromatic N) is 1. The SMILES string of the molecule is Cc1cc(CN2CCSCC2)oc1C(=O)NN. The highest BCUT2D eigenvalue weighted by atomic mass is 32.2. The van der Waals surface area contributed by atoms with Gasteiger partial charge >= 0.3 is 5.91 Å². The number of carbonyl (C=O) groups excluding carboxylic acids is 1. The molecule has 0 unspecified atom stereocenters. The van der Waals surface area contributed by atoms with Crippen LogP contribution in [0.4, 0.5) is 0 Å². The standard InChI is InChI=1S/C11H17N3O2S/c1-8-6-9(16-10(8)11(15)13-12)7-14-2-4-17-5-3-14/h6H,2-5,7,12H2,1H3,(H,13,15).